The van der Waals surface area contributed by atoms with Gasteiger partial charge in [-0.15, -0.1) is 11.3 Å². The molecule has 0 saturated carbocycles. The zero-order chi connectivity index (χ0) is 18.8. The molecular weight excluding hydrogens is 360 g/mol. The van der Waals surface area contributed by atoms with Gasteiger partial charge < -0.3 is 14.1 Å². The number of nitrogens with zero attached hydrogens (tertiary/aromatic N) is 1. The van der Waals surface area contributed by atoms with Crippen molar-refractivity contribution < 1.29 is 18.8 Å². The topological polar surface area (TPSA) is 56.8 Å². The van der Waals surface area contributed by atoms with Gasteiger partial charge in [0.25, 0.3) is 0 Å². The summed E-state index contributed by atoms with van der Waals surface area (Å²) < 4.78 is 12.2. The van der Waals surface area contributed by atoms with Crippen LogP contribution in [0.5, 0.6) is 0 Å². The lowest BCUT2D eigenvalue weighted by Gasteiger charge is -2.12. The number of para-hydroxylation sites is 2. The predicted octanol–water partition coefficient (Wildman–Crippen LogP) is 3.43. The zero-order valence-electron chi connectivity index (χ0n) is 15.3. The number of esters is 1. The molecule has 0 fully saturated rings. The van der Waals surface area contributed by atoms with Crippen LogP contribution < -0.4 is 4.90 Å². The van der Waals surface area contributed by atoms with E-state index >= 15 is 0 Å². The van der Waals surface area contributed by atoms with E-state index in [2.05, 4.69) is 13.1 Å². The van der Waals surface area contributed by atoms with Gasteiger partial charge in [0, 0.05) is 5.39 Å². The van der Waals surface area contributed by atoms with Crippen LogP contribution in [0.1, 0.15) is 28.0 Å². The predicted molar refractivity (Wildman–Crippen MR) is 106 cm³/mol. The first-order valence-corrected chi connectivity index (χ1v) is 9.80. The molecule has 6 heteroatoms. The minimum Gasteiger partial charge on any atom is -0.460 e. The van der Waals surface area contributed by atoms with E-state index in [1.165, 1.54) is 9.60 Å². The molecule has 2 aromatic heterocycles. The van der Waals surface area contributed by atoms with Crippen molar-refractivity contribution in [2.24, 2.45) is 0 Å². The van der Waals surface area contributed by atoms with Gasteiger partial charge in [-0.2, -0.15) is 0 Å². The van der Waals surface area contributed by atoms with Crippen LogP contribution >= 0.6 is 11.3 Å². The summed E-state index contributed by atoms with van der Waals surface area (Å²) >= 11 is 1.71. The monoisotopic (exact) mass is 381 g/mol. The van der Waals surface area contributed by atoms with E-state index in [9.17, 15) is 4.79 Å². The number of nitrogens with one attached hydrogen (secondary N) is 1. The van der Waals surface area contributed by atoms with E-state index in [4.69, 9.17) is 14.1 Å². The van der Waals surface area contributed by atoms with Crippen molar-refractivity contribution in [2.75, 3.05) is 13.7 Å². The second-order valence-electron chi connectivity index (χ2n) is 6.51. The Labute approximate surface area is 161 Å². The molecule has 1 atom stereocenters. The highest BCUT2D eigenvalue weighted by Crippen LogP contribution is 2.26. The van der Waals surface area contributed by atoms with Gasteiger partial charge in [-0.25, -0.2) is 9.78 Å². The van der Waals surface area contributed by atoms with Gasteiger partial charge in [-0.05, 0) is 25.1 Å². The van der Waals surface area contributed by atoms with Crippen LogP contribution in [0.2, 0.25) is 0 Å². The van der Waals surface area contributed by atoms with Gasteiger partial charge in [0.1, 0.15) is 23.7 Å². The molecule has 0 amide bonds. The molecule has 1 N–H and O–H groups in total. The fraction of sp³-hybridized carbons (Fsp3) is 0.238. The molecule has 5 nitrogen and oxygen atoms in total. The minimum absolute atomic E-state index is 0.307. The number of fused-ring (bicyclic) bond motifs is 2. The van der Waals surface area contributed by atoms with Crippen LogP contribution in [-0.2, 0) is 17.8 Å². The van der Waals surface area contributed by atoms with Crippen molar-refractivity contribution >= 4 is 38.5 Å². The fourth-order valence-electron chi connectivity index (χ4n) is 3.25. The Hall–Kier alpha value is -2.70. The third-order valence-electron chi connectivity index (χ3n) is 4.43. The first kappa shape index (κ1) is 17.7. The van der Waals surface area contributed by atoms with Gasteiger partial charge in [-0.3, -0.25) is 0 Å². The molecule has 4 aromatic rings. The van der Waals surface area contributed by atoms with Crippen LogP contribution in [-0.4, -0.2) is 24.6 Å². The van der Waals surface area contributed by atoms with Crippen molar-refractivity contribution in [1.29, 1.82) is 0 Å². The summed E-state index contributed by atoms with van der Waals surface area (Å²) in [6.07, 6.45) is 0. The number of thiazole rings is 1. The molecule has 27 heavy (non-hydrogen) atoms. The number of carbonyl (C=O) groups is 1. The van der Waals surface area contributed by atoms with Crippen molar-refractivity contribution in [1.82, 2.24) is 4.98 Å². The normalized spacial score (nSPS) is 12.5. The van der Waals surface area contributed by atoms with Crippen LogP contribution in [0.3, 0.4) is 0 Å². The van der Waals surface area contributed by atoms with Gasteiger partial charge >= 0.3 is 5.97 Å². The van der Waals surface area contributed by atoms with Crippen molar-refractivity contribution in [3.8, 4) is 0 Å². The number of carbonyl (C=O) groups excluding carboxylic acids is 1. The molecule has 0 saturated heterocycles. The second-order valence-corrected chi connectivity index (χ2v) is 7.63. The molecule has 0 radical (unpaired) electrons. The number of furan rings is 1. The molecule has 2 heterocycles. The minimum atomic E-state index is -0.406. The van der Waals surface area contributed by atoms with Crippen LogP contribution in [0, 0.1) is 0 Å². The van der Waals surface area contributed by atoms with Crippen LogP contribution in [0.25, 0.3) is 21.2 Å². The average Bonchev–Trinajstić information content (AvgIpc) is 3.23. The number of hydrogen-bond acceptors (Lipinski definition) is 5. The maximum absolute atomic E-state index is 12.4. The standard InChI is InChI=1S/C21H20N2O3S/c1-3-25-21(24)20-15(14-8-4-6-10-17(14)26-20)12-23(2)13-19-22-16-9-5-7-11-18(16)27-19/h4-11H,3,12-13H2,1-2H3/p+1. The lowest BCUT2D eigenvalue weighted by molar-refractivity contribution is -0.907. The van der Waals surface area contributed by atoms with Crippen molar-refractivity contribution in [3.63, 3.8) is 0 Å². The number of quaternary nitrogens is 1. The Morgan fingerprint density at radius 2 is 1.93 bits per heavy atom. The van der Waals surface area contributed by atoms with E-state index in [1.54, 1.807) is 18.3 Å². The summed E-state index contributed by atoms with van der Waals surface area (Å²) in [5.74, 6) is -0.0989. The van der Waals surface area contributed by atoms with E-state index in [0.717, 1.165) is 28.0 Å². The lowest BCUT2D eigenvalue weighted by atomic mass is 10.1. The highest BCUT2D eigenvalue weighted by Gasteiger charge is 2.24. The van der Waals surface area contributed by atoms with Gasteiger partial charge in [-0.1, -0.05) is 30.3 Å². The molecule has 4 rings (SSSR count). The Balaban J connectivity index is 1.61. The van der Waals surface area contributed by atoms with Crippen LogP contribution in [0.4, 0.5) is 0 Å². The Morgan fingerprint density at radius 1 is 1.15 bits per heavy atom. The van der Waals surface area contributed by atoms with Crippen molar-refractivity contribution in [3.05, 3.63) is 64.9 Å². The fourth-order valence-corrected chi connectivity index (χ4v) is 4.34. The highest BCUT2D eigenvalue weighted by molar-refractivity contribution is 7.18. The SMILES string of the molecule is CCOC(=O)c1oc2ccccc2c1C[NH+](C)Cc1nc2ccccc2s1. The first-order valence-electron chi connectivity index (χ1n) is 8.99. The van der Waals surface area contributed by atoms with E-state index in [1.807, 2.05) is 42.5 Å². The first-order chi connectivity index (χ1) is 13.2. The molecule has 138 valence electrons. The highest BCUT2D eigenvalue weighted by atomic mass is 32.1. The summed E-state index contributed by atoms with van der Waals surface area (Å²) in [6, 6.07) is 15.9. The molecule has 2 aromatic carbocycles. The quantitative estimate of drug-likeness (QED) is 0.520. The molecule has 0 aliphatic heterocycles. The number of hydrogen-bond donors (Lipinski definition) is 1. The molecule has 0 aliphatic rings. The molecule has 1 unspecified atom stereocenters. The third-order valence-corrected chi connectivity index (χ3v) is 5.47. The summed E-state index contributed by atoms with van der Waals surface area (Å²) in [7, 11) is 2.10. The van der Waals surface area contributed by atoms with E-state index < -0.39 is 5.97 Å². The maximum atomic E-state index is 12.4. The number of rotatable bonds is 6. The Bertz CT molecular complexity index is 1070. The van der Waals surface area contributed by atoms with E-state index in [0.29, 0.717) is 24.5 Å². The summed E-state index contributed by atoms with van der Waals surface area (Å²) in [5, 5.41) is 2.04. The smallest absolute Gasteiger partial charge is 0.374 e. The van der Waals surface area contributed by atoms with E-state index in [-0.39, 0.29) is 0 Å². The number of ether oxygens (including phenoxy) is 1. The number of benzene rings is 2. The second kappa shape index (κ2) is 7.50. The molecule has 0 aliphatic carbocycles. The van der Waals surface area contributed by atoms with Gasteiger partial charge in [0.15, 0.2) is 0 Å². The average molecular weight is 381 g/mol. The third kappa shape index (κ3) is 3.59. The zero-order valence-corrected chi connectivity index (χ0v) is 16.1. The summed E-state index contributed by atoms with van der Waals surface area (Å²) in [6.45, 7) is 3.55. The van der Waals surface area contributed by atoms with Gasteiger partial charge in [0.2, 0.25) is 5.76 Å². The number of aromatic nitrogens is 1. The Kier molecular flexibility index (Phi) is 4.92. The summed E-state index contributed by atoms with van der Waals surface area (Å²) in [5.41, 5.74) is 2.64. The Morgan fingerprint density at radius 3 is 2.74 bits per heavy atom. The van der Waals surface area contributed by atoms with Gasteiger partial charge in [0.05, 0.1) is 29.4 Å². The van der Waals surface area contributed by atoms with Crippen LogP contribution in [0.15, 0.2) is 52.9 Å². The maximum Gasteiger partial charge on any atom is 0.374 e. The largest absolute Gasteiger partial charge is 0.460 e. The lowest BCUT2D eigenvalue weighted by Crippen LogP contribution is -3.06. The molecular formula is C21H21N2O3S+. The molecule has 0 spiro atoms. The van der Waals surface area contributed by atoms with Crippen molar-refractivity contribution in [2.45, 2.75) is 20.0 Å². The summed E-state index contributed by atoms with van der Waals surface area (Å²) in [4.78, 5) is 18.3. The molecule has 0 bridgehead atoms.